The third kappa shape index (κ3) is 4.27. The Morgan fingerprint density at radius 1 is 1.14 bits per heavy atom. The Morgan fingerprint density at radius 2 is 1.93 bits per heavy atom. The maximum absolute atomic E-state index is 12.1. The van der Waals surface area contributed by atoms with Crippen molar-refractivity contribution in [1.29, 1.82) is 0 Å². The topological polar surface area (TPSA) is 81.4 Å². The normalized spacial score (nSPS) is 11.0. The van der Waals surface area contributed by atoms with Crippen LogP contribution >= 0.6 is 11.3 Å². The summed E-state index contributed by atoms with van der Waals surface area (Å²) < 4.78 is 7.37. The quantitative estimate of drug-likeness (QED) is 0.508. The first-order valence-corrected chi connectivity index (χ1v) is 10.2. The highest BCUT2D eigenvalue weighted by atomic mass is 32.1. The molecule has 0 spiro atoms. The lowest BCUT2D eigenvalue weighted by atomic mass is 10.1. The average molecular weight is 407 g/mol. The predicted octanol–water partition coefficient (Wildman–Crippen LogP) is 3.42. The van der Waals surface area contributed by atoms with E-state index in [0.717, 1.165) is 44.7 Å². The summed E-state index contributed by atoms with van der Waals surface area (Å²) in [6, 6.07) is 15.6. The van der Waals surface area contributed by atoms with Gasteiger partial charge in [0.2, 0.25) is 4.96 Å². The van der Waals surface area contributed by atoms with E-state index in [-0.39, 0.29) is 12.5 Å². The monoisotopic (exact) mass is 407 g/mol. The van der Waals surface area contributed by atoms with Crippen molar-refractivity contribution in [2.45, 2.75) is 26.8 Å². The molecule has 0 saturated heterocycles. The zero-order valence-electron chi connectivity index (χ0n) is 16.3. The van der Waals surface area contributed by atoms with Crippen LogP contribution in [0.2, 0.25) is 0 Å². The van der Waals surface area contributed by atoms with E-state index in [2.05, 4.69) is 20.6 Å². The van der Waals surface area contributed by atoms with Gasteiger partial charge in [0.05, 0.1) is 0 Å². The molecule has 8 heteroatoms. The van der Waals surface area contributed by atoms with Crippen molar-refractivity contribution in [2.75, 3.05) is 6.61 Å². The molecule has 29 heavy (non-hydrogen) atoms. The molecule has 1 N–H and O–H groups in total. The lowest BCUT2D eigenvalue weighted by molar-refractivity contribution is -0.123. The van der Waals surface area contributed by atoms with Crippen LogP contribution in [0.3, 0.4) is 0 Å². The fourth-order valence-electron chi connectivity index (χ4n) is 2.87. The summed E-state index contributed by atoms with van der Waals surface area (Å²) in [7, 11) is 0. The molecule has 0 fully saturated rings. The third-order valence-electron chi connectivity index (χ3n) is 4.51. The molecule has 0 aliphatic heterocycles. The molecule has 148 valence electrons. The third-order valence-corrected chi connectivity index (χ3v) is 5.46. The van der Waals surface area contributed by atoms with Crippen molar-refractivity contribution in [3.63, 3.8) is 0 Å². The molecular weight excluding hydrogens is 386 g/mol. The Balaban J connectivity index is 1.33. The van der Waals surface area contributed by atoms with Crippen LogP contribution in [0.5, 0.6) is 5.75 Å². The molecule has 0 saturated carbocycles. The largest absolute Gasteiger partial charge is 0.484 e. The van der Waals surface area contributed by atoms with Crippen LogP contribution < -0.4 is 10.1 Å². The molecule has 0 aliphatic rings. The van der Waals surface area contributed by atoms with Crippen molar-refractivity contribution in [2.24, 2.45) is 0 Å². The van der Waals surface area contributed by atoms with Crippen LogP contribution in [-0.2, 0) is 17.8 Å². The van der Waals surface area contributed by atoms with Crippen LogP contribution in [0, 0.1) is 6.92 Å². The first-order chi connectivity index (χ1) is 14.1. The molecule has 0 bridgehead atoms. The Bertz CT molecular complexity index is 1130. The number of hydrogen-bond donors (Lipinski definition) is 1. The molecule has 4 rings (SSSR count). The zero-order chi connectivity index (χ0) is 20.2. The number of rotatable bonds is 7. The summed E-state index contributed by atoms with van der Waals surface area (Å²) in [4.78, 5) is 12.9. The second-order valence-corrected chi connectivity index (χ2v) is 7.56. The Labute approximate surface area is 172 Å². The van der Waals surface area contributed by atoms with Gasteiger partial charge in [-0.2, -0.15) is 9.61 Å². The highest BCUT2D eigenvalue weighted by molar-refractivity contribution is 7.19. The van der Waals surface area contributed by atoms with E-state index in [1.165, 1.54) is 11.3 Å². The summed E-state index contributed by atoms with van der Waals surface area (Å²) in [5, 5.41) is 16.6. The molecular formula is C21H21N5O2S. The van der Waals surface area contributed by atoms with Gasteiger partial charge in [0.25, 0.3) is 5.91 Å². The van der Waals surface area contributed by atoms with Gasteiger partial charge < -0.3 is 10.1 Å². The van der Waals surface area contributed by atoms with E-state index in [4.69, 9.17) is 4.74 Å². The van der Waals surface area contributed by atoms with E-state index in [1.807, 2.05) is 62.4 Å². The summed E-state index contributed by atoms with van der Waals surface area (Å²) >= 11 is 1.51. The van der Waals surface area contributed by atoms with Crippen LogP contribution in [0.4, 0.5) is 0 Å². The number of nitrogens with one attached hydrogen (secondary N) is 1. The summed E-state index contributed by atoms with van der Waals surface area (Å²) in [5.74, 6) is 1.43. The molecule has 0 atom stereocenters. The minimum atomic E-state index is -0.155. The molecule has 1 amide bonds. The summed E-state index contributed by atoms with van der Waals surface area (Å²) in [5.41, 5.74) is 3.03. The van der Waals surface area contributed by atoms with E-state index >= 15 is 0 Å². The Hall–Kier alpha value is -3.26. The van der Waals surface area contributed by atoms with E-state index in [9.17, 15) is 4.79 Å². The van der Waals surface area contributed by atoms with E-state index < -0.39 is 0 Å². The molecule has 0 aliphatic carbocycles. The highest BCUT2D eigenvalue weighted by Gasteiger charge is 2.12. The van der Waals surface area contributed by atoms with Crippen LogP contribution in [0.25, 0.3) is 15.5 Å². The number of aromatic nitrogens is 4. The van der Waals surface area contributed by atoms with Gasteiger partial charge in [-0.05, 0) is 24.1 Å². The van der Waals surface area contributed by atoms with Crippen molar-refractivity contribution in [3.05, 3.63) is 65.5 Å². The van der Waals surface area contributed by atoms with Gasteiger partial charge in [0.15, 0.2) is 12.4 Å². The number of nitrogens with zero attached hydrogens (tertiary/aromatic N) is 4. The molecule has 2 aromatic carbocycles. The number of carbonyl (C=O) groups excluding carboxylic acids is 1. The number of amides is 1. The SMILES string of the molecule is CCc1nnc2sc(-c3ccc(CNC(=O)COc4ccccc4C)cc3)nn12. The van der Waals surface area contributed by atoms with E-state index in [1.54, 1.807) is 4.52 Å². The van der Waals surface area contributed by atoms with Gasteiger partial charge in [0.1, 0.15) is 10.8 Å². The second kappa shape index (κ2) is 8.40. The molecule has 4 aromatic rings. The number of hydrogen-bond acceptors (Lipinski definition) is 6. The van der Waals surface area contributed by atoms with Crippen molar-refractivity contribution < 1.29 is 9.53 Å². The van der Waals surface area contributed by atoms with Crippen LogP contribution in [-0.4, -0.2) is 32.3 Å². The lowest BCUT2D eigenvalue weighted by Crippen LogP contribution is -2.28. The first kappa shape index (κ1) is 19.1. The minimum Gasteiger partial charge on any atom is -0.484 e. The van der Waals surface area contributed by atoms with Gasteiger partial charge in [-0.25, -0.2) is 0 Å². The number of benzene rings is 2. The van der Waals surface area contributed by atoms with Crippen LogP contribution in [0.15, 0.2) is 48.5 Å². The van der Waals surface area contributed by atoms with Gasteiger partial charge in [0, 0.05) is 18.5 Å². The van der Waals surface area contributed by atoms with Gasteiger partial charge >= 0.3 is 0 Å². The molecule has 2 heterocycles. The predicted molar refractivity (Wildman–Crippen MR) is 112 cm³/mol. The molecule has 7 nitrogen and oxygen atoms in total. The first-order valence-electron chi connectivity index (χ1n) is 9.39. The Morgan fingerprint density at radius 3 is 2.69 bits per heavy atom. The molecule has 0 radical (unpaired) electrons. The summed E-state index contributed by atoms with van der Waals surface area (Å²) in [6.45, 7) is 4.43. The maximum Gasteiger partial charge on any atom is 0.258 e. The van der Waals surface area contributed by atoms with Crippen LogP contribution in [0.1, 0.15) is 23.9 Å². The fourth-order valence-corrected chi connectivity index (χ4v) is 3.74. The van der Waals surface area contributed by atoms with Crippen molar-refractivity contribution in [1.82, 2.24) is 25.1 Å². The van der Waals surface area contributed by atoms with E-state index in [0.29, 0.717) is 6.54 Å². The van der Waals surface area contributed by atoms with Gasteiger partial charge in [-0.3, -0.25) is 4.79 Å². The maximum atomic E-state index is 12.1. The highest BCUT2D eigenvalue weighted by Crippen LogP contribution is 2.25. The smallest absolute Gasteiger partial charge is 0.258 e. The van der Waals surface area contributed by atoms with Gasteiger partial charge in [-0.15, -0.1) is 10.2 Å². The standard InChI is InChI=1S/C21H21N5O2S/c1-3-18-23-24-21-26(18)25-20(29-21)16-10-8-15(9-11-16)12-22-19(27)13-28-17-7-5-4-6-14(17)2/h4-11H,3,12-13H2,1-2H3,(H,22,27). The Kier molecular flexibility index (Phi) is 5.53. The number of para-hydroxylation sites is 1. The fraction of sp³-hybridized carbons (Fsp3) is 0.238. The van der Waals surface area contributed by atoms with Gasteiger partial charge in [-0.1, -0.05) is 60.7 Å². The lowest BCUT2D eigenvalue weighted by Gasteiger charge is -2.09. The number of ether oxygens (including phenoxy) is 1. The van der Waals surface area contributed by atoms with Crippen molar-refractivity contribution in [3.8, 4) is 16.3 Å². The zero-order valence-corrected chi connectivity index (χ0v) is 17.1. The summed E-state index contributed by atoms with van der Waals surface area (Å²) in [6.07, 6.45) is 0.788. The number of carbonyl (C=O) groups is 1. The van der Waals surface area contributed by atoms with Crippen molar-refractivity contribution >= 4 is 22.2 Å². The number of fused-ring (bicyclic) bond motifs is 1. The minimum absolute atomic E-state index is 0.00432. The molecule has 2 aromatic heterocycles. The second-order valence-electron chi connectivity index (χ2n) is 6.60. The number of aryl methyl sites for hydroxylation is 2. The average Bonchev–Trinajstić information content (AvgIpc) is 3.33. The molecule has 0 unspecified atom stereocenters.